The predicted octanol–water partition coefficient (Wildman–Crippen LogP) is 8.92. The zero-order valence-electron chi connectivity index (χ0n) is 26.7. The maximum atomic E-state index is 12.3. The lowest BCUT2D eigenvalue weighted by atomic mass is 10.0. The number of carbonyl (C=O) groups is 1. The summed E-state index contributed by atoms with van der Waals surface area (Å²) in [6, 6.07) is -0.817. The SMILES string of the molecule is CCCCCCC/C=C/CCCC(O)C(O)C(CO)NC(=O)CCCCCCCCCCCCCCCCCC. The molecule has 0 aromatic rings. The number of unbranched alkanes of at least 4 members (excludes halogenated alkanes) is 21. The van der Waals surface area contributed by atoms with Crippen molar-refractivity contribution in [3.05, 3.63) is 12.2 Å². The van der Waals surface area contributed by atoms with Gasteiger partial charge >= 0.3 is 0 Å². The summed E-state index contributed by atoms with van der Waals surface area (Å²) in [4.78, 5) is 12.3. The van der Waals surface area contributed by atoms with Crippen LogP contribution in [0.4, 0.5) is 0 Å². The molecule has 1 amide bonds. The van der Waals surface area contributed by atoms with Crippen molar-refractivity contribution in [3.8, 4) is 0 Å². The van der Waals surface area contributed by atoms with E-state index in [4.69, 9.17) is 0 Å². The second-order valence-electron chi connectivity index (χ2n) is 12.1. The van der Waals surface area contributed by atoms with Crippen molar-refractivity contribution in [1.82, 2.24) is 5.32 Å². The number of aliphatic hydroxyl groups excluding tert-OH is 3. The summed E-state index contributed by atoms with van der Waals surface area (Å²) >= 11 is 0. The molecule has 0 bridgehead atoms. The number of allylic oxidation sites excluding steroid dienone is 2. The highest BCUT2D eigenvalue weighted by molar-refractivity contribution is 5.76. The summed E-state index contributed by atoms with van der Waals surface area (Å²) in [6.45, 7) is 4.12. The lowest BCUT2D eigenvalue weighted by molar-refractivity contribution is -0.124. The molecule has 5 heteroatoms. The normalized spacial score (nSPS) is 14.0. The number of hydrogen-bond acceptors (Lipinski definition) is 4. The fourth-order valence-corrected chi connectivity index (χ4v) is 5.34. The van der Waals surface area contributed by atoms with Gasteiger partial charge < -0.3 is 20.6 Å². The van der Waals surface area contributed by atoms with Crippen molar-refractivity contribution in [2.45, 2.75) is 199 Å². The Hall–Kier alpha value is -0.910. The maximum Gasteiger partial charge on any atom is 0.220 e. The zero-order valence-corrected chi connectivity index (χ0v) is 26.7. The summed E-state index contributed by atoms with van der Waals surface area (Å²) in [7, 11) is 0. The Balaban J connectivity index is 3.70. The van der Waals surface area contributed by atoms with Gasteiger partial charge in [-0.05, 0) is 38.5 Å². The van der Waals surface area contributed by atoms with E-state index in [1.165, 1.54) is 116 Å². The first kappa shape index (κ1) is 39.1. The number of nitrogens with one attached hydrogen (secondary N) is 1. The number of amides is 1. The molecule has 0 aromatic carbocycles. The smallest absolute Gasteiger partial charge is 0.220 e. The van der Waals surface area contributed by atoms with Gasteiger partial charge in [-0.25, -0.2) is 0 Å². The van der Waals surface area contributed by atoms with Crippen molar-refractivity contribution in [1.29, 1.82) is 0 Å². The van der Waals surface area contributed by atoms with Gasteiger partial charge in [0.15, 0.2) is 0 Å². The van der Waals surface area contributed by atoms with E-state index in [-0.39, 0.29) is 12.5 Å². The molecular weight excluding hydrogens is 498 g/mol. The summed E-state index contributed by atoms with van der Waals surface area (Å²) in [5.74, 6) is -0.155. The van der Waals surface area contributed by atoms with Crippen molar-refractivity contribution in [2.24, 2.45) is 0 Å². The summed E-state index contributed by atoms with van der Waals surface area (Å²) < 4.78 is 0. The molecule has 0 fully saturated rings. The van der Waals surface area contributed by atoms with Crippen molar-refractivity contribution < 1.29 is 20.1 Å². The quantitative estimate of drug-likeness (QED) is 0.0497. The number of carbonyl (C=O) groups excluding carboxylic acids is 1. The van der Waals surface area contributed by atoms with Crippen LogP contribution >= 0.6 is 0 Å². The highest BCUT2D eigenvalue weighted by Crippen LogP contribution is 2.15. The van der Waals surface area contributed by atoms with Gasteiger partial charge in [0.05, 0.1) is 18.8 Å². The molecule has 0 saturated carbocycles. The molecule has 0 heterocycles. The highest BCUT2D eigenvalue weighted by atomic mass is 16.3. The number of hydrogen-bond donors (Lipinski definition) is 4. The maximum absolute atomic E-state index is 12.3. The highest BCUT2D eigenvalue weighted by Gasteiger charge is 2.26. The first-order valence-corrected chi connectivity index (χ1v) is 17.5. The predicted molar refractivity (Wildman–Crippen MR) is 172 cm³/mol. The Labute approximate surface area is 249 Å². The molecule has 0 aliphatic rings. The Kier molecular flexibility index (Phi) is 30.3. The van der Waals surface area contributed by atoms with Gasteiger partial charge in [0.25, 0.3) is 0 Å². The molecule has 0 aliphatic heterocycles. The Morgan fingerprint density at radius 1 is 0.600 bits per heavy atom. The fourth-order valence-electron chi connectivity index (χ4n) is 5.34. The zero-order chi connectivity index (χ0) is 29.5. The molecular formula is C35H69NO4. The Morgan fingerprint density at radius 3 is 1.45 bits per heavy atom. The summed E-state index contributed by atoms with van der Waals surface area (Å²) in [5.41, 5.74) is 0. The first-order chi connectivity index (χ1) is 19.6. The van der Waals surface area contributed by atoms with E-state index in [2.05, 4.69) is 31.3 Å². The van der Waals surface area contributed by atoms with Gasteiger partial charge in [0, 0.05) is 6.42 Å². The fraction of sp³-hybridized carbons (Fsp3) is 0.914. The second-order valence-corrected chi connectivity index (χ2v) is 12.1. The minimum atomic E-state index is -1.15. The molecule has 0 radical (unpaired) electrons. The van der Waals surface area contributed by atoms with Gasteiger partial charge in [-0.3, -0.25) is 4.79 Å². The average molecular weight is 568 g/mol. The molecule has 0 aliphatic carbocycles. The van der Waals surface area contributed by atoms with E-state index in [0.29, 0.717) is 12.8 Å². The average Bonchev–Trinajstić information content (AvgIpc) is 2.96. The third kappa shape index (κ3) is 26.0. The van der Waals surface area contributed by atoms with E-state index in [0.717, 1.165) is 38.5 Å². The summed E-state index contributed by atoms with van der Waals surface area (Å²) in [6.07, 6.45) is 33.0. The van der Waals surface area contributed by atoms with Crippen molar-refractivity contribution in [2.75, 3.05) is 6.61 Å². The first-order valence-electron chi connectivity index (χ1n) is 17.5. The van der Waals surface area contributed by atoms with Crippen LogP contribution in [0.2, 0.25) is 0 Å². The topological polar surface area (TPSA) is 89.8 Å². The van der Waals surface area contributed by atoms with E-state index in [1.54, 1.807) is 0 Å². The molecule has 4 N–H and O–H groups in total. The monoisotopic (exact) mass is 568 g/mol. The van der Waals surface area contributed by atoms with Crippen LogP contribution in [0.3, 0.4) is 0 Å². The minimum Gasteiger partial charge on any atom is -0.394 e. The lowest BCUT2D eigenvalue weighted by Crippen LogP contribution is -2.50. The van der Waals surface area contributed by atoms with Crippen molar-refractivity contribution >= 4 is 5.91 Å². The van der Waals surface area contributed by atoms with Crippen LogP contribution in [-0.2, 0) is 4.79 Å². The van der Waals surface area contributed by atoms with E-state index < -0.39 is 18.2 Å². The Bertz CT molecular complexity index is 554. The number of rotatable bonds is 31. The molecule has 0 saturated heterocycles. The second kappa shape index (κ2) is 31.0. The molecule has 0 aromatic heterocycles. The molecule has 5 nitrogen and oxygen atoms in total. The van der Waals surface area contributed by atoms with Gasteiger partial charge in [0.2, 0.25) is 5.91 Å². The van der Waals surface area contributed by atoms with E-state index in [1.807, 2.05) is 0 Å². The van der Waals surface area contributed by atoms with Crippen LogP contribution in [0.1, 0.15) is 181 Å². The largest absolute Gasteiger partial charge is 0.394 e. The Morgan fingerprint density at radius 2 is 1.00 bits per heavy atom. The van der Waals surface area contributed by atoms with E-state index in [9.17, 15) is 20.1 Å². The molecule has 3 unspecified atom stereocenters. The molecule has 0 spiro atoms. The van der Waals surface area contributed by atoms with Crippen LogP contribution in [0.5, 0.6) is 0 Å². The van der Waals surface area contributed by atoms with E-state index >= 15 is 0 Å². The van der Waals surface area contributed by atoms with Crippen molar-refractivity contribution in [3.63, 3.8) is 0 Å². The summed E-state index contributed by atoms with van der Waals surface area (Å²) in [5, 5.41) is 33.2. The van der Waals surface area contributed by atoms with Gasteiger partial charge in [-0.2, -0.15) is 0 Å². The standard InChI is InChI=1S/C35H69NO4/c1-3-5-7-9-11-13-15-16-17-18-19-20-22-24-26-28-30-34(39)36-32(31-37)35(40)33(38)29-27-25-23-21-14-12-10-8-6-4-2/h21,23,32-33,35,37-38,40H,3-20,22,24-31H2,1-2H3,(H,36,39)/b23-21+. The van der Waals surface area contributed by atoms with Crippen LogP contribution in [-0.4, -0.2) is 46.1 Å². The van der Waals surface area contributed by atoms with Gasteiger partial charge in [-0.1, -0.05) is 148 Å². The van der Waals surface area contributed by atoms with Crippen LogP contribution in [0.25, 0.3) is 0 Å². The van der Waals surface area contributed by atoms with Crippen LogP contribution in [0, 0.1) is 0 Å². The molecule has 238 valence electrons. The third-order valence-corrected chi connectivity index (χ3v) is 8.12. The molecule has 0 rings (SSSR count). The van der Waals surface area contributed by atoms with Crippen LogP contribution < -0.4 is 5.32 Å². The molecule has 40 heavy (non-hydrogen) atoms. The molecule has 3 atom stereocenters. The lowest BCUT2D eigenvalue weighted by Gasteiger charge is -2.26. The third-order valence-electron chi connectivity index (χ3n) is 8.12. The van der Waals surface area contributed by atoms with Gasteiger partial charge in [-0.15, -0.1) is 0 Å². The number of aliphatic hydroxyl groups is 3. The van der Waals surface area contributed by atoms with Crippen LogP contribution in [0.15, 0.2) is 12.2 Å². The minimum absolute atomic E-state index is 0.155. The van der Waals surface area contributed by atoms with Gasteiger partial charge in [0.1, 0.15) is 6.10 Å².